The van der Waals surface area contributed by atoms with Crippen molar-refractivity contribution in [3.63, 3.8) is 0 Å². The third-order valence-corrected chi connectivity index (χ3v) is 8.14. The minimum absolute atomic E-state index is 0.0508. The first-order valence-corrected chi connectivity index (χ1v) is 11.8. The largest absolute Gasteiger partial charge is 0.484 e. The van der Waals surface area contributed by atoms with Crippen LogP contribution in [-0.2, 0) is 9.59 Å². The zero-order valence-electron chi connectivity index (χ0n) is 17.9. The van der Waals surface area contributed by atoms with Crippen molar-refractivity contribution < 1.29 is 14.3 Å². The summed E-state index contributed by atoms with van der Waals surface area (Å²) in [6.45, 7) is 2.38. The predicted octanol–water partition coefficient (Wildman–Crippen LogP) is 3.64. The molecule has 0 atom stereocenters. The van der Waals surface area contributed by atoms with Gasteiger partial charge in [0.1, 0.15) is 5.75 Å². The molecule has 0 radical (unpaired) electrons. The molecule has 6 rings (SSSR count). The summed E-state index contributed by atoms with van der Waals surface area (Å²) in [6.07, 6.45) is 9.39. The average Bonchev–Trinajstić information content (AvgIpc) is 2.76. The molecule has 1 N–H and O–H groups in total. The first-order chi connectivity index (χ1) is 14.6. The molecule has 1 aromatic rings. The molecule has 5 aliphatic rings. The molecule has 1 saturated heterocycles. The Hall–Kier alpha value is -2.04. The zero-order valence-corrected chi connectivity index (χ0v) is 17.9. The fourth-order valence-corrected chi connectivity index (χ4v) is 6.95. The lowest BCUT2D eigenvalue weighted by molar-refractivity contribution is -0.146. The fourth-order valence-electron chi connectivity index (χ4n) is 6.95. The van der Waals surface area contributed by atoms with Crippen LogP contribution in [0, 0.1) is 29.1 Å². The summed E-state index contributed by atoms with van der Waals surface area (Å²) in [5.41, 5.74) is -0.0554. The molecule has 5 heteroatoms. The molecule has 30 heavy (non-hydrogen) atoms. The number of carbonyl (C=O) groups excluding carboxylic acids is 2. The van der Waals surface area contributed by atoms with E-state index in [0.717, 1.165) is 75.2 Å². The monoisotopic (exact) mass is 410 g/mol. The van der Waals surface area contributed by atoms with E-state index in [0.29, 0.717) is 11.8 Å². The Morgan fingerprint density at radius 3 is 2.17 bits per heavy atom. The molecule has 0 unspecified atom stereocenters. The fraction of sp³-hybridized carbons (Fsp3) is 0.680. The number of likely N-dealkylation sites (tertiary alicyclic amines) is 1. The van der Waals surface area contributed by atoms with Crippen molar-refractivity contribution >= 4 is 11.8 Å². The van der Waals surface area contributed by atoms with Crippen LogP contribution in [0.15, 0.2) is 30.3 Å². The number of rotatable bonds is 6. The summed E-state index contributed by atoms with van der Waals surface area (Å²) < 4.78 is 5.60. The highest BCUT2D eigenvalue weighted by molar-refractivity contribution is 5.83. The standard InChI is InChI=1S/C25H34N2O3/c28-23(17-30-22-4-2-1-3-5-22)27-8-6-18(7-9-27)16-26-24(29)25-13-19-10-20(14-25)12-21(11-19)15-25/h1-5,18-21H,6-17H2,(H,26,29). The minimum atomic E-state index is -0.0554. The van der Waals surface area contributed by atoms with Gasteiger partial charge < -0.3 is 15.0 Å². The van der Waals surface area contributed by atoms with Gasteiger partial charge in [-0.1, -0.05) is 18.2 Å². The predicted molar refractivity (Wildman–Crippen MR) is 115 cm³/mol. The molecule has 5 nitrogen and oxygen atoms in total. The van der Waals surface area contributed by atoms with E-state index in [2.05, 4.69) is 5.32 Å². The molecule has 1 heterocycles. The number of piperidine rings is 1. The topological polar surface area (TPSA) is 58.6 Å². The van der Waals surface area contributed by atoms with Crippen molar-refractivity contribution in [2.75, 3.05) is 26.2 Å². The van der Waals surface area contributed by atoms with Crippen LogP contribution in [0.25, 0.3) is 0 Å². The Bertz CT molecular complexity index is 735. The second-order valence-corrected chi connectivity index (χ2v) is 10.3. The highest BCUT2D eigenvalue weighted by Gasteiger charge is 2.54. The van der Waals surface area contributed by atoms with Gasteiger partial charge in [-0.25, -0.2) is 0 Å². The summed E-state index contributed by atoms with van der Waals surface area (Å²) in [5.74, 6) is 3.99. The number of carbonyl (C=O) groups is 2. The third kappa shape index (κ3) is 4.08. The Kier molecular flexibility index (Phi) is 5.46. The molecule has 0 aromatic heterocycles. The molecule has 4 bridgehead atoms. The van der Waals surface area contributed by atoms with Gasteiger partial charge in [-0.05, 0) is 87.2 Å². The van der Waals surface area contributed by atoms with Crippen molar-refractivity contribution in [2.24, 2.45) is 29.1 Å². The van der Waals surface area contributed by atoms with E-state index in [-0.39, 0.29) is 17.9 Å². The van der Waals surface area contributed by atoms with Gasteiger partial charge in [0, 0.05) is 25.0 Å². The van der Waals surface area contributed by atoms with E-state index < -0.39 is 0 Å². The maximum absolute atomic E-state index is 13.1. The normalized spacial score (nSPS) is 32.8. The zero-order chi connectivity index (χ0) is 20.6. The lowest BCUT2D eigenvalue weighted by Crippen LogP contribution is -2.54. The first kappa shape index (κ1) is 19.9. The summed E-state index contributed by atoms with van der Waals surface area (Å²) in [4.78, 5) is 27.5. The number of benzene rings is 1. The second kappa shape index (κ2) is 8.24. The van der Waals surface area contributed by atoms with Gasteiger partial charge in [-0.3, -0.25) is 9.59 Å². The van der Waals surface area contributed by atoms with E-state index in [9.17, 15) is 9.59 Å². The maximum Gasteiger partial charge on any atom is 0.260 e. The van der Waals surface area contributed by atoms with Crippen molar-refractivity contribution in [1.82, 2.24) is 10.2 Å². The van der Waals surface area contributed by atoms with Crippen molar-refractivity contribution in [3.05, 3.63) is 30.3 Å². The van der Waals surface area contributed by atoms with Crippen LogP contribution in [0.4, 0.5) is 0 Å². The average molecular weight is 411 g/mol. The summed E-state index contributed by atoms with van der Waals surface area (Å²) in [5, 5.41) is 3.33. The molecule has 162 valence electrons. The number of amides is 2. The molecule has 4 saturated carbocycles. The highest BCUT2D eigenvalue weighted by Crippen LogP contribution is 2.60. The molecule has 2 amide bonds. The van der Waals surface area contributed by atoms with Gasteiger partial charge in [-0.15, -0.1) is 0 Å². The lowest BCUT2D eigenvalue weighted by Gasteiger charge is -2.55. The van der Waals surface area contributed by atoms with E-state index in [1.54, 1.807) is 0 Å². The third-order valence-electron chi connectivity index (χ3n) is 8.14. The number of nitrogens with zero attached hydrogens (tertiary/aromatic N) is 1. The van der Waals surface area contributed by atoms with Crippen LogP contribution < -0.4 is 10.1 Å². The summed E-state index contributed by atoms with van der Waals surface area (Å²) in [6, 6.07) is 9.48. The van der Waals surface area contributed by atoms with Crippen molar-refractivity contribution in [3.8, 4) is 5.75 Å². The van der Waals surface area contributed by atoms with Gasteiger partial charge >= 0.3 is 0 Å². The number of hydrogen-bond acceptors (Lipinski definition) is 3. The maximum atomic E-state index is 13.1. The van der Waals surface area contributed by atoms with Gasteiger partial charge in [0.05, 0.1) is 0 Å². The van der Waals surface area contributed by atoms with E-state index >= 15 is 0 Å². The van der Waals surface area contributed by atoms with E-state index in [1.165, 1.54) is 19.3 Å². The number of hydrogen-bond donors (Lipinski definition) is 1. The lowest BCUT2D eigenvalue weighted by atomic mass is 9.49. The number of ether oxygens (including phenoxy) is 1. The SMILES string of the molecule is O=C(COc1ccccc1)N1CCC(CNC(=O)C23CC4CC(CC(C4)C2)C3)CC1. The summed E-state index contributed by atoms with van der Waals surface area (Å²) >= 11 is 0. The van der Waals surface area contributed by atoms with E-state index in [1.807, 2.05) is 35.2 Å². The van der Waals surface area contributed by atoms with Crippen LogP contribution in [-0.4, -0.2) is 43.0 Å². The van der Waals surface area contributed by atoms with Crippen molar-refractivity contribution in [1.29, 1.82) is 0 Å². The molecule has 5 fully saturated rings. The van der Waals surface area contributed by atoms with Crippen LogP contribution in [0.3, 0.4) is 0 Å². The van der Waals surface area contributed by atoms with Gasteiger partial charge in [-0.2, -0.15) is 0 Å². The van der Waals surface area contributed by atoms with Gasteiger partial charge in [0.15, 0.2) is 6.61 Å². The van der Waals surface area contributed by atoms with Gasteiger partial charge in [0.2, 0.25) is 5.91 Å². The van der Waals surface area contributed by atoms with E-state index in [4.69, 9.17) is 4.74 Å². The Balaban J connectivity index is 1.05. The molecule has 1 aliphatic heterocycles. The quantitative estimate of drug-likeness (QED) is 0.779. The second-order valence-electron chi connectivity index (χ2n) is 10.3. The first-order valence-electron chi connectivity index (χ1n) is 11.8. The van der Waals surface area contributed by atoms with Crippen molar-refractivity contribution in [2.45, 2.75) is 51.4 Å². The Morgan fingerprint density at radius 1 is 0.967 bits per heavy atom. The molecule has 0 spiro atoms. The summed E-state index contributed by atoms with van der Waals surface area (Å²) in [7, 11) is 0. The van der Waals surface area contributed by atoms with Crippen LogP contribution in [0.1, 0.15) is 51.4 Å². The molecular formula is C25H34N2O3. The minimum Gasteiger partial charge on any atom is -0.484 e. The van der Waals surface area contributed by atoms with Gasteiger partial charge in [0.25, 0.3) is 5.91 Å². The molecule has 1 aromatic carbocycles. The number of nitrogens with one attached hydrogen (secondary N) is 1. The molecule has 4 aliphatic carbocycles. The number of para-hydroxylation sites is 1. The smallest absolute Gasteiger partial charge is 0.260 e. The van der Waals surface area contributed by atoms with Crippen LogP contribution >= 0.6 is 0 Å². The van der Waals surface area contributed by atoms with Crippen LogP contribution in [0.5, 0.6) is 5.75 Å². The van der Waals surface area contributed by atoms with Crippen LogP contribution in [0.2, 0.25) is 0 Å². The highest BCUT2D eigenvalue weighted by atomic mass is 16.5. The Labute approximate surface area is 179 Å². The molecular weight excluding hydrogens is 376 g/mol. The Morgan fingerprint density at radius 2 is 1.57 bits per heavy atom.